The number of amides is 2. The van der Waals surface area contributed by atoms with Gasteiger partial charge < -0.3 is 24.4 Å². The van der Waals surface area contributed by atoms with E-state index in [0.29, 0.717) is 75.0 Å². The Bertz CT molecular complexity index is 1310. The van der Waals surface area contributed by atoms with Gasteiger partial charge in [0, 0.05) is 43.9 Å². The number of aliphatic hydroxyl groups is 1. The highest BCUT2D eigenvalue weighted by Crippen LogP contribution is 2.53. The Kier molecular flexibility index (Phi) is 7.54. The number of para-hydroxylation sites is 1. The monoisotopic (exact) mass is 531 g/mol. The molecule has 2 aromatic carbocycles. The molecule has 3 aliphatic heterocycles. The number of anilines is 1. The van der Waals surface area contributed by atoms with Crippen LogP contribution in [0.1, 0.15) is 24.5 Å². The molecule has 0 unspecified atom stereocenters. The van der Waals surface area contributed by atoms with Crippen molar-refractivity contribution in [2.45, 2.75) is 18.9 Å². The van der Waals surface area contributed by atoms with Crippen LogP contribution in [0.3, 0.4) is 0 Å². The molecule has 2 fully saturated rings. The van der Waals surface area contributed by atoms with E-state index in [-0.39, 0.29) is 17.9 Å². The van der Waals surface area contributed by atoms with Crippen LogP contribution in [0.15, 0.2) is 66.8 Å². The Balaban J connectivity index is 1.66. The quantitative estimate of drug-likeness (QED) is 0.230. The van der Waals surface area contributed by atoms with Gasteiger partial charge in [-0.25, -0.2) is 0 Å². The Morgan fingerprint density at radius 3 is 2.46 bits per heavy atom. The molecule has 5 rings (SSSR count). The van der Waals surface area contributed by atoms with Gasteiger partial charge in [-0.15, -0.1) is 0 Å². The van der Waals surface area contributed by atoms with Crippen molar-refractivity contribution in [3.05, 3.63) is 77.9 Å². The van der Waals surface area contributed by atoms with Gasteiger partial charge in [0.1, 0.15) is 18.1 Å². The van der Waals surface area contributed by atoms with Crippen molar-refractivity contribution in [2.24, 2.45) is 0 Å². The Labute approximate surface area is 227 Å². The molecule has 9 nitrogen and oxygen atoms in total. The summed E-state index contributed by atoms with van der Waals surface area (Å²) in [5.41, 5.74) is -0.483. The zero-order valence-electron chi connectivity index (χ0n) is 22.1. The van der Waals surface area contributed by atoms with Crippen LogP contribution in [0.4, 0.5) is 5.69 Å². The highest BCUT2D eigenvalue weighted by molar-refractivity contribution is 6.50. The summed E-state index contributed by atoms with van der Waals surface area (Å²) in [6.07, 6.45) is 2.31. The first-order chi connectivity index (χ1) is 18.9. The van der Waals surface area contributed by atoms with E-state index in [4.69, 9.17) is 9.47 Å². The number of aliphatic hydroxyl groups excluding tert-OH is 1. The number of Topliss-reactive ketones (excluding diaryl/α,β-unsaturated/α-hetero) is 1. The second kappa shape index (κ2) is 11.0. The lowest BCUT2D eigenvalue weighted by molar-refractivity contribution is -0.144. The molecule has 2 saturated heterocycles. The molecule has 1 spiro atoms. The number of fused-ring (bicyclic) bond motifs is 2. The lowest BCUT2D eigenvalue weighted by Gasteiger charge is -2.36. The fourth-order valence-corrected chi connectivity index (χ4v) is 5.69. The highest BCUT2D eigenvalue weighted by atomic mass is 16.5. The average molecular weight is 532 g/mol. The van der Waals surface area contributed by atoms with E-state index >= 15 is 0 Å². The minimum Gasteiger partial charge on any atom is -0.507 e. The van der Waals surface area contributed by atoms with Gasteiger partial charge in [0.15, 0.2) is 5.54 Å². The van der Waals surface area contributed by atoms with Gasteiger partial charge >= 0.3 is 0 Å². The summed E-state index contributed by atoms with van der Waals surface area (Å²) in [5, 5.41) is 11.6. The van der Waals surface area contributed by atoms with Gasteiger partial charge in [-0.1, -0.05) is 37.8 Å². The Hall–Kier alpha value is -3.95. The maximum atomic E-state index is 14.4. The van der Waals surface area contributed by atoms with Gasteiger partial charge in [-0.3, -0.25) is 19.3 Å². The van der Waals surface area contributed by atoms with E-state index in [1.54, 1.807) is 47.4 Å². The molecule has 0 aromatic heterocycles. The minimum absolute atomic E-state index is 0.149. The van der Waals surface area contributed by atoms with Gasteiger partial charge in [0.25, 0.3) is 17.6 Å². The molecule has 204 valence electrons. The number of ether oxygens (including phenoxy) is 2. The zero-order valence-corrected chi connectivity index (χ0v) is 22.1. The van der Waals surface area contributed by atoms with Crippen molar-refractivity contribution in [2.75, 3.05) is 57.4 Å². The fraction of sp³-hybridized carbons (Fsp3) is 0.367. The maximum absolute atomic E-state index is 14.4. The van der Waals surface area contributed by atoms with Gasteiger partial charge in [-0.2, -0.15) is 0 Å². The first-order valence-corrected chi connectivity index (χ1v) is 13.3. The summed E-state index contributed by atoms with van der Waals surface area (Å²) in [6, 6.07) is 13.8. The molecule has 0 radical (unpaired) electrons. The van der Waals surface area contributed by atoms with Gasteiger partial charge in [0.2, 0.25) is 0 Å². The van der Waals surface area contributed by atoms with Crippen LogP contribution in [0.2, 0.25) is 0 Å². The summed E-state index contributed by atoms with van der Waals surface area (Å²) in [6.45, 7) is 9.52. The van der Waals surface area contributed by atoms with Crippen molar-refractivity contribution >= 4 is 29.0 Å². The summed E-state index contributed by atoms with van der Waals surface area (Å²) in [5.74, 6) is -1.90. The summed E-state index contributed by atoms with van der Waals surface area (Å²) >= 11 is 0. The van der Waals surface area contributed by atoms with E-state index in [0.717, 1.165) is 0 Å². The van der Waals surface area contributed by atoms with Gasteiger partial charge in [0.05, 0.1) is 24.5 Å². The number of hydrogen-bond acceptors (Lipinski definition) is 7. The van der Waals surface area contributed by atoms with Crippen LogP contribution in [0.5, 0.6) is 5.75 Å². The topological polar surface area (TPSA) is 99.6 Å². The number of carbonyl (C=O) groups excluding carboxylic acids is 3. The first-order valence-electron chi connectivity index (χ1n) is 13.3. The Morgan fingerprint density at radius 2 is 1.77 bits per heavy atom. The fourth-order valence-electron chi connectivity index (χ4n) is 5.69. The predicted molar refractivity (Wildman–Crippen MR) is 146 cm³/mol. The highest BCUT2D eigenvalue weighted by Gasteiger charge is 2.66. The number of benzene rings is 2. The van der Waals surface area contributed by atoms with Crippen molar-refractivity contribution in [1.29, 1.82) is 0 Å². The second-order valence-electron chi connectivity index (χ2n) is 9.77. The van der Waals surface area contributed by atoms with E-state index < -0.39 is 23.1 Å². The van der Waals surface area contributed by atoms with Crippen molar-refractivity contribution in [1.82, 2.24) is 9.80 Å². The standard InChI is InChI=1S/C30H33N3O6/c1-3-13-32-24-8-6-5-7-23(24)30(29(32)37)25(26(34)21-9-11-22(12-10-21)39-18-4-2)27(35)28(36)33(30)15-14-31-16-19-38-20-17-31/h4-12,34H,2-3,13-20H2,1H3/t30-/m1/s1. The van der Waals surface area contributed by atoms with Crippen LogP contribution in [0.25, 0.3) is 5.76 Å². The average Bonchev–Trinajstić information content (AvgIpc) is 3.34. The molecule has 0 saturated carbocycles. The third kappa shape index (κ3) is 4.41. The van der Waals surface area contributed by atoms with E-state index in [9.17, 15) is 19.5 Å². The second-order valence-corrected chi connectivity index (χ2v) is 9.77. The molecule has 2 aromatic rings. The molecular weight excluding hydrogens is 498 g/mol. The van der Waals surface area contributed by atoms with Crippen LogP contribution in [0, 0.1) is 0 Å². The summed E-state index contributed by atoms with van der Waals surface area (Å²) < 4.78 is 11.0. The molecular formula is C30H33N3O6. The molecule has 0 bridgehead atoms. The van der Waals surface area contributed by atoms with Crippen molar-refractivity contribution in [3.63, 3.8) is 0 Å². The summed E-state index contributed by atoms with van der Waals surface area (Å²) in [4.78, 5) is 46.9. The number of nitrogens with zero attached hydrogens (tertiary/aromatic N) is 3. The number of likely N-dealkylation sites (tertiary alicyclic amines) is 1. The van der Waals surface area contributed by atoms with Crippen LogP contribution >= 0.6 is 0 Å². The number of ketones is 1. The van der Waals surface area contributed by atoms with Gasteiger partial charge in [-0.05, 0) is 36.8 Å². The van der Waals surface area contributed by atoms with E-state index in [2.05, 4.69) is 11.5 Å². The molecule has 9 heteroatoms. The largest absolute Gasteiger partial charge is 0.507 e. The molecule has 2 amide bonds. The lowest BCUT2D eigenvalue weighted by Crippen LogP contribution is -2.54. The summed E-state index contributed by atoms with van der Waals surface area (Å²) in [7, 11) is 0. The van der Waals surface area contributed by atoms with Crippen LogP contribution in [-0.4, -0.2) is 85.0 Å². The van der Waals surface area contributed by atoms with Crippen molar-refractivity contribution in [3.8, 4) is 5.75 Å². The number of rotatable bonds is 9. The van der Waals surface area contributed by atoms with E-state index in [1.165, 1.54) is 4.90 Å². The van der Waals surface area contributed by atoms with Crippen molar-refractivity contribution < 1.29 is 29.0 Å². The minimum atomic E-state index is -1.76. The molecule has 39 heavy (non-hydrogen) atoms. The number of carbonyl (C=O) groups is 3. The zero-order chi connectivity index (χ0) is 27.6. The SMILES string of the molecule is C=CCOc1ccc(C(O)=C2C(=O)C(=O)N(CCN3CCOCC3)[C@@]23C(=O)N(CCC)c2ccccc23)cc1. The molecule has 1 atom stereocenters. The number of hydrogen-bond donors (Lipinski definition) is 1. The first kappa shape index (κ1) is 26.6. The van der Waals surface area contributed by atoms with Crippen LogP contribution in [-0.2, 0) is 24.7 Å². The normalized spacial score (nSPS) is 22.5. The lowest BCUT2D eigenvalue weighted by atomic mass is 9.82. The van der Waals surface area contributed by atoms with E-state index in [1.807, 2.05) is 19.1 Å². The third-order valence-electron chi connectivity index (χ3n) is 7.50. The smallest absolute Gasteiger partial charge is 0.296 e. The molecule has 3 heterocycles. The predicted octanol–water partition coefficient (Wildman–Crippen LogP) is 2.92. The third-order valence-corrected chi connectivity index (χ3v) is 7.50. The Morgan fingerprint density at radius 1 is 1.05 bits per heavy atom. The molecule has 1 N–H and O–H groups in total. The maximum Gasteiger partial charge on any atom is 0.296 e. The molecule has 3 aliphatic rings. The number of morpholine rings is 1. The van der Waals surface area contributed by atoms with Crippen LogP contribution < -0.4 is 9.64 Å². The molecule has 0 aliphatic carbocycles.